The Balaban J connectivity index is 1.28. The molecule has 0 atom stereocenters. The van der Waals surface area contributed by atoms with Gasteiger partial charge in [0, 0.05) is 43.7 Å². The summed E-state index contributed by atoms with van der Waals surface area (Å²) in [6, 6.07) is 35.5. The molecule has 5 aromatic rings. The van der Waals surface area contributed by atoms with Crippen molar-refractivity contribution in [2.24, 2.45) is 0 Å². The highest BCUT2D eigenvalue weighted by molar-refractivity contribution is 7.92. The number of hydrogen-bond donors (Lipinski definition) is 1. The van der Waals surface area contributed by atoms with Crippen LogP contribution in [0.15, 0.2) is 122 Å². The summed E-state index contributed by atoms with van der Waals surface area (Å²) >= 11 is 0. The zero-order valence-corrected chi connectivity index (χ0v) is 25.1. The number of sulfonamides is 1. The summed E-state index contributed by atoms with van der Waals surface area (Å²) in [7, 11) is -3.40. The predicted octanol–water partition coefficient (Wildman–Crippen LogP) is 7.38. The van der Waals surface area contributed by atoms with Crippen LogP contribution in [0.5, 0.6) is 17.2 Å². The topological polar surface area (TPSA) is 80.8 Å². The third-order valence-corrected chi connectivity index (χ3v) is 7.47. The van der Waals surface area contributed by atoms with Crippen molar-refractivity contribution in [1.29, 1.82) is 0 Å². The lowest BCUT2D eigenvalue weighted by Gasteiger charge is -2.28. The molecule has 8 heteroatoms. The number of anilines is 2. The Morgan fingerprint density at radius 3 is 2.16 bits per heavy atom. The third kappa shape index (κ3) is 8.83. The Bertz CT molecular complexity index is 1730. The second-order valence-electron chi connectivity index (χ2n) is 10.3. The molecule has 1 heterocycles. The maximum atomic E-state index is 12.0. The maximum Gasteiger partial charge on any atom is 0.229 e. The minimum atomic E-state index is -3.40. The molecule has 1 N–H and O–H groups in total. The fraction of sp³-hybridized carbons (Fsp3) is 0.171. The number of nitrogens with zero attached hydrogens (tertiary/aromatic N) is 2. The van der Waals surface area contributed by atoms with E-state index in [0.29, 0.717) is 31.1 Å². The molecule has 43 heavy (non-hydrogen) atoms. The molecule has 0 amide bonds. The molecule has 0 saturated carbocycles. The largest absolute Gasteiger partial charge is 0.493 e. The van der Waals surface area contributed by atoms with Gasteiger partial charge in [-0.25, -0.2) is 8.42 Å². The van der Waals surface area contributed by atoms with Crippen molar-refractivity contribution in [1.82, 2.24) is 4.98 Å². The maximum absolute atomic E-state index is 12.0. The molecule has 220 valence electrons. The average molecular weight is 594 g/mol. The molecule has 0 fully saturated rings. The first kappa shape index (κ1) is 29.7. The van der Waals surface area contributed by atoms with Gasteiger partial charge >= 0.3 is 0 Å². The Kier molecular flexibility index (Phi) is 9.59. The van der Waals surface area contributed by atoms with E-state index >= 15 is 0 Å². The lowest BCUT2D eigenvalue weighted by molar-refractivity contribution is 0.320. The molecular formula is C35H35N3O4S. The lowest BCUT2D eigenvalue weighted by atomic mass is 10.1. The van der Waals surface area contributed by atoms with E-state index in [1.54, 1.807) is 12.3 Å². The molecule has 0 saturated heterocycles. The second-order valence-corrected chi connectivity index (χ2v) is 12.1. The summed E-state index contributed by atoms with van der Waals surface area (Å²) in [4.78, 5) is 6.40. The summed E-state index contributed by atoms with van der Waals surface area (Å²) < 4.78 is 38.6. The zero-order valence-electron chi connectivity index (χ0n) is 24.3. The van der Waals surface area contributed by atoms with E-state index in [1.807, 2.05) is 92.0 Å². The SMILES string of the molecule is Cc1c(NS(C)(=O)=O)cccc1N(Cc1ccccc1)Cc1ccc(Oc2cccc(OCCc3cccnc3)c2)cc1. The van der Waals surface area contributed by atoms with Gasteiger partial charge < -0.3 is 14.4 Å². The summed E-state index contributed by atoms with van der Waals surface area (Å²) in [6.45, 7) is 3.78. The van der Waals surface area contributed by atoms with E-state index in [9.17, 15) is 8.42 Å². The Hall–Kier alpha value is -4.82. The van der Waals surface area contributed by atoms with Gasteiger partial charge in [-0.1, -0.05) is 60.7 Å². The summed E-state index contributed by atoms with van der Waals surface area (Å²) in [6.07, 6.45) is 5.55. The van der Waals surface area contributed by atoms with Gasteiger partial charge in [0.1, 0.15) is 17.2 Å². The average Bonchev–Trinajstić information content (AvgIpc) is 3.00. The molecule has 5 rings (SSSR count). The smallest absolute Gasteiger partial charge is 0.229 e. The van der Waals surface area contributed by atoms with Gasteiger partial charge in [-0.2, -0.15) is 0 Å². The Morgan fingerprint density at radius 1 is 0.744 bits per heavy atom. The van der Waals surface area contributed by atoms with Crippen molar-refractivity contribution in [3.05, 3.63) is 144 Å². The van der Waals surface area contributed by atoms with Crippen molar-refractivity contribution < 1.29 is 17.9 Å². The fourth-order valence-corrected chi connectivity index (χ4v) is 5.41. The highest BCUT2D eigenvalue weighted by Crippen LogP contribution is 2.31. The molecule has 4 aromatic carbocycles. The summed E-state index contributed by atoms with van der Waals surface area (Å²) in [5.41, 5.74) is 5.78. The highest BCUT2D eigenvalue weighted by atomic mass is 32.2. The number of rotatable bonds is 13. The number of ether oxygens (including phenoxy) is 2. The van der Waals surface area contributed by atoms with Gasteiger partial charge in [0.2, 0.25) is 10.0 Å². The van der Waals surface area contributed by atoms with Crippen LogP contribution in [-0.2, 0) is 29.5 Å². The van der Waals surface area contributed by atoms with Crippen molar-refractivity contribution >= 4 is 21.4 Å². The second kappa shape index (κ2) is 13.9. The highest BCUT2D eigenvalue weighted by Gasteiger charge is 2.15. The van der Waals surface area contributed by atoms with E-state index in [2.05, 4.69) is 38.9 Å². The molecule has 0 aliphatic carbocycles. The molecule has 0 aliphatic heterocycles. The van der Waals surface area contributed by atoms with Crippen LogP contribution in [0.2, 0.25) is 0 Å². The first-order chi connectivity index (χ1) is 20.8. The quantitative estimate of drug-likeness (QED) is 0.153. The number of pyridine rings is 1. The van der Waals surface area contributed by atoms with Gasteiger partial charge in [0.15, 0.2) is 0 Å². The number of hydrogen-bond acceptors (Lipinski definition) is 6. The van der Waals surface area contributed by atoms with Gasteiger partial charge in [-0.05, 0) is 71.6 Å². The monoisotopic (exact) mass is 593 g/mol. The number of nitrogens with one attached hydrogen (secondary N) is 1. The van der Waals surface area contributed by atoms with Crippen LogP contribution in [0.3, 0.4) is 0 Å². The van der Waals surface area contributed by atoms with Crippen molar-refractivity contribution in [3.63, 3.8) is 0 Å². The molecule has 7 nitrogen and oxygen atoms in total. The number of aromatic nitrogens is 1. The fourth-order valence-electron chi connectivity index (χ4n) is 4.79. The van der Waals surface area contributed by atoms with Gasteiger partial charge in [0.05, 0.1) is 18.6 Å². The van der Waals surface area contributed by atoms with Crippen LogP contribution in [-0.4, -0.2) is 26.3 Å². The Labute approximate surface area is 253 Å². The zero-order chi connectivity index (χ0) is 30.1. The van der Waals surface area contributed by atoms with Crippen molar-refractivity contribution in [2.45, 2.75) is 26.4 Å². The van der Waals surface area contributed by atoms with E-state index in [1.165, 1.54) is 0 Å². The van der Waals surface area contributed by atoms with Crippen molar-refractivity contribution in [2.75, 3.05) is 22.5 Å². The predicted molar refractivity (Wildman–Crippen MR) is 172 cm³/mol. The van der Waals surface area contributed by atoms with Crippen LogP contribution in [0.1, 0.15) is 22.3 Å². The van der Waals surface area contributed by atoms with Crippen LogP contribution in [0.4, 0.5) is 11.4 Å². The van der Waals surface area contributed by atoms with E-state index < -0.39 is 10.0 Å². The first-order valence-corrected chi connectivity index (χ1v) is 16.0. The third-order valence-electron chi connectivity index (χ3n) is 6.88. The first-order valence-electron chi connectivity index (χ1n) is 14.1. The van der Waals surface area contributed by atoms with Gasteiger partial charge in [0.25, 0.3) is 0 Å². The summed E-state index contributed by atoms with van der Waals surface area (Å²) in [5.74, 6) is 2.17. The van der Waals surface area contributed by atoms with Crippen LogP contribution in [0, 0.1) is 6.92 Å². The lowest BCUT2D eigenvalue weighted by Crippen LogP contribution is -2.23. The molecule has 0 bridgehead atoms. The molecule has 0 radical (unpaired) electrons. The Morgan fingerprint density at radius 2 is 1.44 bits per heavy atom. The molecule has 0 spiro atoms. The van der Waals surface area contributed by atoms with E-state index in [0.717, 1.165) is 52.1 Å². The molecule has 1 aromatic heterocycles. The van der Waals surface area contributed by atoms with Gasteiger partial charge in [-0.3, -0.25) is 9.71 Å². The van der Waals surface area contributed by atoms with Crippen molar-refractivity contribution in [3.8, 4) is 17.2 Å². The standard InChI is InChI=1S/C35H35N3O4S/c1-27-34(37-43(2,39)40)14-7-15-35(27)38(25-29-9-4-3-5-10-29)26-30-16-18-31(19-17-30)42-33-13-6-12-32(23-33)41-22-20-28-11-8-21-36-24-28/h3-19,21,23-24,37H,20,22,25-26H2,1-2H3. The van der Waals surface area contributed by atoms with E-state index in [4.69, 9.17) is 9.47 Å². The van der Waals surface area contributed by atoms with Crippen LogP contribution < -0.4 is 19.1 Å². The van der Waals surface area contributed by atoms with Crippen LogP contribution >= 0.6 is 0 Å². The minimum Gasteiger partial charge on any atom is -0.493 e. The van der Waals surface area contributed by atoms with E-state index in [-0.39, 0.29) is 0 Å². The molecular weight excluding hydrogens is 558 g/mol. The number of benzene rings is 4. The summed E-state index contributed by atoms with van der Waals surface area (Å²) in [5, 5.41) is 0. The van der Waals surface area contributed by atoms with Gasteiger partial charge in [-0.15, -0.1) is 0 Å². The minimum absolute atomic E-state index is 0.552. The van der Waals surface area contributed by atoms with Crippen LogP contribution in [0.25, 0.3) is 0 Å². The normalized spacial score (nSPS) is 11.1. The molecule has 0 unspecified atom stereocenters. The molecule has 0 aliphatic rings.